The maximum absolute atomic E-state index is 10.0. The van der Waals surface area contributed by atoms with Gasteiger partial charge in [0.1, 0.15) is 11.5 Å². The summed E-state index contributed by atoms with van der Waals surface area (Å²) < 4.78 is 6.10. The van der Waals surface area contributed by atoms with Crippen LogP contribution in [-0.2, 0) is 0 Å². The molecule has 192 valence electrons. The van der Waals surface area contributed by atoms with Gasteiger partial charge < -0.3 is 19.8 Å². The second-order valence-corrected chi connectivity index (χ2v) is 9.33. The zero-order valence-electron chi connectivity index (χ0n) is 21.8. The molecule has 1 fully saturated rings. The number of aliphatic hydroxyl groups is 2. The Balaban J connectivity index is 1.84. The highest BCUT2D eigenvalue weighted by Gasteiger charge is 2.18. The van der Waals surface area contributed by atoms with Crippen molar-refractivity contribution in [2.45, 2.75) is 51.5 Å². The lowest BCUT2D eigenvalue weighted by molar-refractivity contribution is 0.153. The Morgan fingerprint density at radius 2 is 1.81 bits per heavy atom. The van der Waals surface area contributed by atoms with Crippen LogP contribution < -0.4 is 4.74 Å². The molecule has 0 bridgehead atoms. The van der Waals surface area contributed by atoms with Crippen molar-refractivity contribution in [1.82, 2.24) is 4.90 Å². The average Bonchev–Trinajstić information content (AvgIpc) is 2.90. The Morgan fingerprint density at radius 1 is 1.03 bits per heavy atom. The smallest absolute Gasteiger partial charge is 0.119 e. The van der Waals surface area contributed by atoms with Crippen molar-refractivity contribution in [3.05, 3.63) is 102 Å². The molecule has 0 unspecified atom stereocenters. The van der Waals surface area contributed by atoms with Gasteiger partial charge in [0, 0.05) is 12.6 Å². The van der Waals surface area contributed by atoms with Gasteiger partial charge in [-0.05, 0) is 99.2 Å². The van der Waals surface area contributed by atoms with Crippen LogP contribution in [0.15, 0.2) is 90.7 Å². The molecule has 0 radical (unpaired) electrons. The zero-order chi connectivity index (χ0) is 25.6. The van der Waals surface area contributed by atoms with Gasteiger partial charge in [0.2, 0.25) is 0 Å². The lowest BCUT2D eigenvalue weighted by atomic mass is 9.91. The lowest BCUT2D eigenvalue weighted by Gasteiger charge is -2.32. The van der Waals surface area contributed by atoms with Crippen LogP contribution in [0.2, 0.25) is 0 Å². The second-order valence-electron chi connectivity index (χ2n) is 9.33. The number of likely N-dealkylation sites (tertiary alicyclic amines) is 1. The number of hydrogen-bond acceptors (Lipinski definition) is 4. The highest BCUT2D eigenvalue weighted by atomic mass is 16.5. The number of benzene rings is 2. The van der Waals surface area contributed by atoms with E-state index in [1.54, 1.807) is 18.2 Å². The number of nitrogens with zero attached hydrogens (tertiary/aromatic N) is 1. The Labute approximate surface area is 216 Å². The van der Waals surface area contributed by atoms with E-state index in [1.807, 2.05) is 49.4 Å². The largest absolute Gasteiger partial charge is 0.508 e. The van der Waals surface area contributed by atoms with Gasteiger partial charge in [-0.2, -0.15) is 0 Å². The van der Waals surface area contributed by atoms with E-state index in [1.165, 1.54) is 25.8 Å². The predicted octanol–water partition coefficient (Wildman–Crippen LogP) is 7.20. The minimum Gasteiger partial charge on any atom is -0.508 e. The van der Waals surface area contributed by atoms with Crippen LogP contribution in [0, 0.1) is 0 Å². The first-order valence-corrected chi connectivity index (χ1v) is 13.1. The number of allylic oxidation sites excluding steroid dienone is 7. The van der Waals surface area contributed by atoms with Crippen molar-refractivity contribution in [3.8, 4) is 5.75 Å². The third-order valence-corrected chi connectivity index (χ3v) is 6.71. The minimum atomic E-state index is 0.137. The van der Waals surface area contributed by atoms with Gasteiger partial charge in [-0.15, -0.1) is 0 Å². The molecule has 1 saturated heterocycles. The van der Waals surface area contributed by atoms with Crippen molar-refractivity contribution in [1.29, 1.82) is 0 Å². The molecule has 0 aromatic heterocycles. The topological polar surface area (TPSA) is 52.9 Å². The fourth-order valence-electron chi connectivity index (χ4n) is 4.72. The van der Waals surface area contributed by atoms with Crippen LogP contribution >= 0.6 is 0 Å². The van der Waals surface area contributed by atoms with Gasteiger partial charge in [0.15, 0.2) is 0 Å². The summed E-state index contributed by atoms with van der Waals surface area (Å²) in [7, 11) is 2.22. The van der Waals surface area contributed by atoms with Crippen LogP contribution in [-0.4, -0.2) is 48.0 Å². The van der Waals surface area contributed by atoms with E-state index in [9.17, 15) is 10.2 Å². The van der Waals surface area contributed by atoms with Gasteiger partial charge in [0.05, 0.1) is 6.61 Å². The number of hydrogen-bond donors (Lipinski definition) is 2. The van der Waals surface area contributed by atoms with Gasteiger partial charge in [-0.25, -0.2) is 0 Å². The molecule has 4 heteroatoms. The van der Waals surface area contributed by atoms with Gasteiger partial charge in [0.25, 0.3) is 0 Å². The third-order valence-electron chi connectivity index (χ3n) is 6.71. The molecule has 0 spiro atoms. The monoisotopic (exact) mass is 487 g/mol. The van der Waals surface area contributed by atoms with Crippen LogP contribution in [0.4, 0.5) is 0 Å². The van der Waals surface area contributed by atoms with Crippen molar-refractivity contribution in [3.63, 3.8) is 0 Å². The Morgan fingerprint density at radius 3 is 2.50 bits per heavy atom. The summed E-state index contributed by atoms with van der Waals surface area (Å²) in [4.78, 5) is 2.46. The van der Waals surface area contributed by atoms with Gasteiger partial charge in [-0.3, -0.25) is 0 Å². The second kappa shape index (κ2) is 15.1. The van der Waals surface area contributed by atoms with Gasteiger partial charge in [-0.1, -0.05) is 67.1 Å². The van der Waals surface area contributed by atoms with E-state index < -0.39 is 0 Å². The molecular weight excluding hydrogens is 446 g/mol. The quantitative estimate of drug-likeness (QED) is 0.189. The SMILES string of the molecule is C\C=C/C(O)=C\C=C\C(=C(/CCCO)c1ccccc1)c1ccc(OCC[C@H]2CCCCN2C)cc1. The van der Waals surface area contributed by atoms with Crippen LogP contribution in [0.1, 0.15) is 56.6 Å². The highest BCUT2D eigenvalue weighted by molar-refractivity contribution is 5.95. The summed E-state index contributed by atoms with van der Waals surface area (Å²) in [5.74, 6) is 1.08. The molecule has 1 heterocycles. The molecule has 0 aliphatic carbocycles. The summed E-state index contributed by atoms with van der Waals surface area (Å²) in [6, 6.07) is 19.2. The predicted molar refractivity (Wildman–Crippen MR) is 151 cm³/mol. The fraction of sp³-hybridized carbons (Fsp3) is 0.375. The van der Waals surface area contributed by atoms with E-state index in [0.717, 1.165) is 47.5 Å². The molecule has 4 nitrogen and oxygen atoms in total. The minimum absolute atomic E-state index is 0.137. The number of ether oxygens (including phenoxy) is 1. The van der Waals surface area contributed by atoms with E-state index in [4.69, 9.17) is 4.74 Å². The molecular formula is C32H41NO3. The van der Waals surface area contributed by atoms with Crippen LogP contribution in [0.5, 0.6) is 5.75 Å². The van der Waals surface area contributed by atoms with Gasteiger partial charge >= 0.3 is 0 Å². The molecule has 0 amide bonds. The maximum Gasteiger partial charge on any atom is 0.119 e. The fourth-order valence-corrected chi connectivity index (χ4v) is 4.72. The molecule has 3 rings (SSSR count). The Kier molecular flexibility index (Phi) is 11.6. The molecule has 1 atom stereocenters. The molecule has 0 saturated carbocycles. The first kappa shape index (κ1) is 27.5. The standard InChI is InChI=1S/C32H41NO3/c1-3-11-29(35)15-9-16-31(32(17-10-24-34)26-12-5-4-6-13-26)27-18-20-30(21-19-27)36-25-22-28-14-7-8-23-33(28)2/h3-6,9,11-13,15-16,18-21,28,34-35H,7-8,10,14,17,22-25H2,1-2H3/b11-3-,16-9+,29-15+,32-31-/t28-/m1/s1. The Hall–Kier alpha value is -3.08. The van der Waals surface area contributed by atoms with Crippen LogP contribution in [0.25, 0.3) is 11.1 Å². The first-order chi connectivity index (χ1) is 17.6. The summed E-state index contributed by atoms with van der Waals surface area (Å²) in [6.07, 6.45) is 15.4. The summed E-state index contributed by atoms with van der Waals surface area (Å²) in [6.45, 7) is 3.91. The highest BCUT2D eigenvalue weighted by Crippen LogP contribution is 2.32. The summed E-state index contributed by atoms with van der Waals surface area (Å²) >= 11 is 0. The molecule has 36 heavy (non-hydrogen) atoms. The van der Waals surface area contributed by atoms with Crippen molar-refractivity contribution < 1.29 is 14.9 Å². The van der Waals surface area contributed by atoms with E-state index in [-0.39, 0.29) is 12.4 Å². The number of aliphatic hydroxyl groups excluding tert-OH is 2. The van der Waals surface area contributed by atoms with Crippen molar-refractivity contribution in [2.75, 3.05) is 26.8 Å². The lowest BCUT2D eigenvalue weighted by Crippen LogP contribution is -2.37. The molecule has 2 aromatic carbocycles. The van der Waals surface area contributed by atoms with Crippen molar-refractivity contribution in [2.24, 2.45) is 0 Å². The molecule has 1 aliphatic rings. The molecule has 2 N–H and O–H groups in total. The normalized spacial score (nSPS) is 18.1. The number of rotatable bonds is 12. The van der Waals surface area contributed by atoms with Crippen molar-refractivity contribution >= 4 is 11.1 Å². The average molecular weight is 488 g/mol. The third kappa shape index (κ3) is 8.54. The number of piperidine rings is 1. The maximum atomic E-state index is 10.0. The van der Waals surface area contributed by atoms with E-state index in [0.29, 0.717) is 12.5 Å². The molecule has 1 aliphatic heterocycles. The zero-order valence-corrected chi connectivity index (χ0v) is 21.8. The summed E-state index contributed by atoms with van der Waals surface area (Å²) in [5, 5.41) is 19.6. The molecule has 2 aromatic rings. The van der Waals surface area contributed by atoms with Crippen LogP contribution in [0.3, 0.4) is 0 Å². The van der Waals surface area contributed by atoms with E-state index in [2.05, 4.69) is 36.2 Å². The first-order valence-electron chi connectivity index (χ1n) is 13.1. The summed E-state index contributed by atoms with van der Waals surface area (Å²) in [5.41, 5.74) is 4.42. The van der Waals surface area contributed by atoms with E-state index >= 15 is 0 Å². The Bertz CT molecular complexity index is 1030.